The summed E-state index contributed by atoms with van der Waals surface area (Å²) in [6, 6.07) is 12.9. The largest absolute Gasteiger partial charge is 0.334 e. The van der Waals surface area contributed by atoms with Crippen LogP contribution in [0.2, 0.25) is 5.02 Å². The number of nitrogens with zero attached hydrogens (tertiary/aromatic N) is 3. The van der Waals surface area contributed by atoms with Crippen molar-refractivity contribution in [2.24, 2.45) is 0 Å². The lowest BCUT2D eigenvalue weighted by atomic mass is 9.96. The number of nitrogens with one attached hydrogen (secondary N) is 1. The summed E-state index contributed by atoms with van der Waals surface area (Å²) in [7, 11) is -3.94. The molecule has 194 valence electrons. The van der Waals surface area contributed by atoms with Crippen molar-refractivity contribution in [3.8, 4) is 0 Å². The van der Waals surface area contributed by atoms with Crippen molar-refractivity contribution in [2.45, 2.75) is 49.1 Å². The van der Waals surface area contributed by atoms with Crippen LogP contribution in [0.3, 0.4) is 0 Å². The molecule has 37 heavy (non-hydrogen) atoms. The van der Waals surface area contributed by atoms with Gasteiger partial charge in [-0.3, -0.25) is 14.6 Å². The summed E-state index contributed by atoms with van der Waals surface area (Å²) in [4.78, 5) is 34.2. The van der Waals surface area contributed by atoms with Crippen molar-refractivity contribution in [3.05, 3.63) is 71.5 Å². The number of amides is 2. The maximum absolute atomic E-state index is 13.3. The van der Waals surface area contributed by atoms with Gasteiger partial charge >= 0.3 is 0 Å². The minimum atomic E-state index is -3.94. The lowest BCUT2D eigenvalue weighted by molar-refractivity contribution is -0.145. The fraction of sp³-hybridized carbons (Fsp3) is 0.370. The maximum atomic E-state index is 13.3. The number of rotatable bonds is 6. The van der Waals surface area contributed by atoms with E-state index in [1.807, 2.05) is 17.0 Å². The van der Waals surface area contributed by atoms with Gasteiger partial charge in [-0.15, -0.1) is 0 Å². The van der Waals surface area contributed by atoms with E-state index in [1.54, 1.807) is 42.7 Å². The number of hydrogen-bond acceptors (Lipinski definition) is 5. The zero-order valence-electron chi connectivity index (χ0n) is 20.3. The quantitative estimate of drug-likeness (QED) is 0.511. The molecule has 2 aliphatic rings. The Balaban J connectivity index is 1.28. The third-order valence-corrected chi connectivity index (χ3v) is 8.83. The van der Waals surface area contributed by atoms with Crippen molar-refractivity contribution in [3.63, 3.8) is 0 Å². The molecule has 3 heterocycles. The number of pyridine rings is 1. The van der Waals surface area contributed by atoms with Gasteiger partial charge in [-0.05, 0) is 78.8 Å². The number of carbonyl (C=O) groups excluding carboxylic acids is 2. The van der Waals surface area contributed by atoms with E-state index >= 15 is 0 Å². The minimum Gasteiger partial charge on any atom is -0.334 e. The third kappa shape index (κ3) is 5.63. The molecular formula is C27H29ClN4O4S. The first-order chi connectivity index (χ1) is 17.8. The molecule has 1 aromatic heterocycles. The van der Waals surface area contributed by atoms with E-state index < -0.39 is 16.1 Å². The predicted molar refractivity (Wildman–Crippen MR) is 141 cm³/mol. The Morgan fingerprint density at radius 1 is 1.03 bits per heavy atom. The van der Waals surface area contributed by atoms with Crippen molar-refractivity contribution in [1.29, 1.82) is 0 Å². The highest BCUT2D eigenvalue weighted by Gasteiger charge is 2.35. The lowest BCUT2D eigenvalue weighted by Crippen LogP contribution is -2.55. The fourth-order valence-electron chi connectivity index (χ4n) is 5.23. The molecule has 8 nitrogen and oxygen atoms in total. The standard InChI is InChI=1S/C27H29ClN4O4S/c28-22-10-8-20-16-23(11-9-19(20)15-22)37(35,36)30-24-6-4-13-31(27(24)34)18-26(33)32-14-2-1-7-25(32)21-5-3-12-29-17-21/h3,5,8-12,15-17,24-25,30H,1-2,4,6-7,13-14,18H2/t24-,25?/m0/s1. The van der Waals surface area contributed by atoms with Crippen LogP contribution < -0.4 is 4.72 Å². The molecule has 1 N–H and O–H groups in total. The molecule has 2 aromatic carbocycles. The van der Waals surface area contributed by atoms with E-state index in [-0.39, 0.29) is 29.3 Å². The van der Waals surface area contributed by atoms with Crippen molar-refractivity contribution < 1.29 is 18.0 Å². The van der Waals surface area contributed by atoms with E-state index in [0.717, 1.165) is 35.6 Å². The Kier molecular flexibility index (Phi) is 7.46. The Morgan fingerprint density at radius 2 is 1.84 bits per heavy atom. The molecule has 2 aliphatic heterocycles. The fourth-order valence-corrected chi connectivity index (χ4v) is 6.67. The van der Waals surface area contributed by atoms with Crippen molar-refractivity contribution in [2.75, 3.05) is 19.6 Å². The second kappa shape index (κ2) is 10.8. The molecular weight excluding hydrogens is 512 g/mol. The van der Waals surface area contributed by atoms with Crippen LogP contribution in [0.4, 0.5) is 0 Å². The number of fused-ring (bicyclic) bond motifs is 1. The van der Waals surface area contributed by atoms with E-state index in [4.69, 9.17) is 11.6 Å². The molecule has 2 fully saturated rings. The van der Waals surface area contributed by atoms with Crippen molar-refractivity contribution in [1.82, 2.24) is 19.5 Å². The predicted octanol–water partition coefficient (Wildman–Crippen LogP) is 3.91. The van der Waals surface area contributed by atoms with Crippen LogP contribution in [-0.2, 0) is 19.6 Å². The van der Waals surface area contributed by atoms with Gasteiger partial charge in [-0.25, -0.2) is 8.42 Å². The highest BCUT2D eigenvalue weighted by Crippen LogP contribution is 2.31. The van der Waals surface area contributed by atoms with Gasteiger partial charge in [0.15, 0.2) is 0 Å². The second-order valence-corrected chi connectivity index (χ2v) is 11.8. The Labute approximate surface area is 221 Å². The Bertz CT molecular complexity index is 1420. The Hall–Kier alpha value is -3.01. The molecule has 0 spiro atoms. The van der Waals surface area contributed by atoms with Gasteiger partial charge in [0.2, 0.25) is 21.8 Å². The van der Waals surface area contributed by atoms with Crippen LogP contribution in [-0.4, -0.2) is 60.7 Å². The summed E-state index contributed by atoms with van der Waals surface area (Å²) in [5, 5.41) is 2.13. The van der Waals surface area contributed by atoms with Crippen molar-refractivity contribution >= 4 is 44.2 Å². The number of benzene rings is 2. The summed E-state index contributed by atoms with van der Waals surface area (Å²) in [6.45, 7) is 0.985. The zero-order valence-corrected chi connectivity index (χ0v) is 21.9. The number of sulfonamides is 1. The zero-order chi connectivity index (χ0) is 26.0. The Morgan fingerprint density at radius 3 is 2.65 bits per heavy atom. The van der Waals surface area contributed by atoms with Gasteiger partial charge in [0.25, 0.3) is 0 Å². The summed E-state index contributed by atoms with van der Waals surface area (Å²) >= 11 is 6.03. The molecule has 2 amide bonds. The molecule has 0 saturated carbocycles. The lowest BCUT2D eigenvalue weighted by Gasteiger charge is -2.38. The number of piperidine rings is 2. The monoisotopic (exact) mass is 540 g/mol. The first kappa shape index (κ1) is 25.6. The highest BCUT2D eigenvalue weighted by atomic mass is 35.5. The summed E-state index contributed by atoms with van der Waals surface area (Å²) in [5.74, 6) is -0.496. The van der Waals surface area contributed by atoms with Crippen LogP contribution in [0.15, 0.2) is 65.8 Å². The molecule has 2 atom stereocenters. The molecule has 2 saturated heterocycles. The van der Waals surface area contributed by atoms with Gasteiger partial charge in [0.05, 0.1) is 17.5 Å². The number of aromatic nitrogens is 1. The molecule has 0 bridgehead atoms. The summed E-state index contributed by atoms with van der Waals surface area (Å²) in [5.41, 5.74) is 0.990. The number of likely N-dealkylation sites (tertiary alicyclic amines) is 2. The van der Waals surface area contributed by atoms with Crippen LogP contribution in [0.1, 0.15) is 43.7 Å². The van der Waals surface area contributed by atoms with Gasteiger partial charge in [0.1, 0.15) is 6.04 Å². The van der Waals surface area contributed by atoms with Crippen LogP contribution in [0.5, 0.6) is 0 Å². The average Bonchev–Trinajstić information content (AvgIpc) is 2.91. The second-order valence-electron chi connectivity index (χ2n) is 9.61. The van der Waals surface area contributed by atoms with Crippen LogP contribution >= 0.6 is 11.6 Å². The first-order valence-electron chi connectivity index (χ1n) is 12.5. The van der Waals surface area contributed by atoms with Gasteiger partial charge in [-0.2, -0.15) is 4.72 Å². The molecule has 0 radical (unpaired) electrons. The van der Waals surface area contributed by atoms with E-state index in [1.165, 1.54) is 11.0 Å². The number of carbonyl (C=O) groups is 2. The molecule has 5 rings (SSSR count). The normalized spacial score (nSPS) is 20.8. The number of halogens is 1. The number of hydrogen-bond donors (Lipinski definition) is 1. The van der Waals surface area contributed by atoms with Gasteiger partial charge < -0.3 is 9.80 Å². The van der Waals surface area contributed by atoms with Gasteiger partial charge in [-0.1, -0.05) is 29.8 Å². The van der Waals surface area contributed by atoms with E-state index in [0.29, 0.717) is 31.0 Å². The molecule has 0 aliphatic carbocycles. The van der Waals surface area contributed by atoms with Gasteiger partial charge in [0, 0.05) is 30.5 Å². The first-order valence-corrected chi connectivity index (χ1v) is 14.4. The SMILES string of the molecule is O=C1[C@@H](NS(=O)(=O)c2ccc3cc(Cl)ccc3c2)CCCN1CC(=O)N1CCCCC1c1cccnc1. The van der Waals surface area contributed by atoms with Crippen LogP contribution in [0.25, 0.3) is 10.8 Å². The van der Waals surface area contributed by atoms with E-state index in [2.05, 4.69) is 9.71 Å². The molecule has 10 heteroatoms. The summed E-state index contributed by atoms with van der Waals surface area (Å²) in [6.07, 6.45) is 7.27. The average molecular weight is 541 g/mol. The van der Waals surface area contributed by atoms with E-state index in [9.17, 15) is 18.0 Å². The minimum absolute atomic E-state index is 0.0630. The topological polar surface area (TPSA) is 99.7 Å². The smallest absolute Gasteiger partial charge is 0.242 e. The third-order valence-electron chi connectivity index (χ3n) is 7.13. The van der Waals surface area contributed by atoms with Crippen LogP contribution in [0, 0.1) is 0 Å². The summed E-state index contributed by atoms with van der Waals surface area (Å²) < 4.78 is 28.9. The highest BCUT2D eigenvalue weighted by molar-refractivity contribution is 7.89. The maximum Gasteiger partial charge on any atom is 0.242 e. The molecule has 1 unspecified atom stereocenters. The molecule has 3 aromatic rings.